The fraction of sp³-hybridized carbons (Fsp3) is 0.708. The van der Waals surface area contributed by atoms with Crippen molar-refractivity contribution in [2.45, 2.75) is 63.7 Å². The van der Waals surface area contributed by atoms with Gasteiger partial charge in [-0.05, 0) is 93.6 Å². The summed E-state index contributed by atoms with van der Waals surface area (Å²) in [6.45, 7) is 4.79. The molecule has 27 heavy (non-hydrogen) atoms. The molecule has 5 fully saturated rings. The van der Waals surface area contributed by atoms with Crippen molar-refractivity contribution in [2.24, 2.45) is 28.9 Å². The second-order valence-corrected chi connectivity index (χ2v) is 10.4. The number of nitrogens with two attached hydrogens (primary N) is 1. The van der Waals surface area contributed by atoms with E-state index in [4.69, 9.17) is 5.73 Å². The third-order valence-electron chi connectivity index (χ3n) is 8.41. The van der Waals surface area contributed by atoms with Gasteiger partial charge in [0.1, 0.15) is 0 Å². The first-order valence-corrected chi connectivity index (χ1v) is 11.1. The maximum atomic E-state index is 13.8. The molecular weight excluding hydrogens is 332 g/mol. The molecule has 4 saturated carbocycles. The van der Waals surface area contributed by atoms with E-state index in [9.17, 15) is 4.79 Å². The van der Waals surface area contributed by atoms with E-state index >= 15 is 0 Å². The lowest BCUT2D eigenvalue weighted by molar-refractivity contribution is -0.161. The van der Waals surface area contributed by atoms with Gasteiger partial charge in [-0.2, -0.15) is 0 Å². The SMILES string of the molecule is Cc1ccc(C23CC4CC(CC(C(=O)N5CCC(CN)CC5)(C4)C2)C3)cc1. The highest BCUT2D eigenvalue weighted by Gasteiger charge is 2.61. The van der Waals surface area contributed by atoms with Crippen molar-refractivity contribution in [3.8, 4) is 0 Å². The minimum Gasteiger partial charge on any atom is -0.342 e. The number of piperidine rings is 1. The quantitative estimate of drug-likeness (QED) is 0.878. The van der Waals surface area contributed by atoms with Crippen LogP contribution in [0, 0.1) is 30.1 Å². The van der Waals surface area contributed by atoms with E-state index in [0.29, 0.717) is 11.8 Å². The molecule has 0 radical (unpaired) electrons. The average molecular weight is 367 g/mol. The monoisotopic (exact) mass is 366 g/mol. The first-order chi connectivity index (χ1) is 13.0. The minimum atomic E-state index is -0.0788. The molecule has 146 valence electrons. The number of hydrogen-bond acceptors (Lipinski definition) is 2. The summed E-state index contributed by atoms with van der Waals surface area (Å²) in [4.78, 5) is 16.0. The highest BCUT2D eigenvalue weighted by atomic mass is 16.2. The van der Waals surface area contributed by atoms with Gasteiger partial charge >= 0.3 is 0 Å². The van der Waals surface area contributed by atoms with Crippen molar-refractivity contribution in [1.82, 2.24) is 4.90 Å². The number of benzene rings is 1. The summed E-state index contributed by atoms with van der Waals surface area (Å²) in [5, 5.41) is 0. The molecule has 2 N–H and O–H groups in total. The number of hydrogen-bond donors (Lipinski definition) is 1. The molecular formula is C24H34N2O. The van der Waals surface area contributed by atoms with E-state index in [1.807, 2.05) is 0 Å². The zero-order valence-corrected chi connectivity index (χ0v) is 16.8. The molecule has 4 bridgehead atoms. The molecule has 1 aliphatic heterocycles. The van der Waals surface area contributed by atoms with Gasteiger partial charge in [0.05, 0.1) is 5.41 Å². The summed E-state index contributed by atoms with van der Waals surface area (Å²) in [6.07, 6.45) is 9.53. The van der Waals surface area contributed by atoms with Crippen molar-refractivity contribution >= 4 is 5.91 Å². The van der Waals surface area contributed by atoms with E-state index in [2.05, 4.69) is 36.1 Å². The van der Waals surface area contributed by atoms with Crippen LogP contribution in [0.15, 0.2) is 24.3 Å². The molecule has 2 atom stereocenters. The van der Waals surface area contributed by atoms with Crippen LogP contribution in [0.4, 0.5) is 0 Å². The standard InChI is InChI=1S/C24H34N2O/c1-17-2-4-21(5-3-17)23-11-19-10-20(12-23)14-24(13-19,16-23)22(27)26-8-6-18(15-25)7-9-26/h2-5,18-20H,6-16,25H2,1H3. The zero-order valence-electron chi connectivity index (χ0n) is 16.8. The smallest absolute Gasteiger partial charge is 0.228 e. The Labute approximate surface area is 163 Å². The van der Waals surface area contributed by atoms with Gasteiger partial charge in [-0.3, -0.25) is 4.79 Å². The molecule has 1 saturated heterocycles. The minimum absolute atomic E-state index is 0.0788. The first-order valence-electron chi connectivity index (χ1n) is 11.1. The summed E-state index contributed by atoms with van der Waals surface area (Å²) < 4.78 is 0. The Morgan fingerprint density at radius 1 is 1.07 bits per heavy atom. The Balaban J connectivity index is 1.43. The average Bonchev–Trinajstić information content (AvgIpc) is 2.67. The van der Waals surface area contributed by atoms with Gasteiger partial charge < -0.3 is 10.6 Å². The van der Waals surface area contributed by atoms with Gasteiger partial charge in [-0.1, -0.05) is 29.8 Å². The van der Waals surface area contributed by atoms with Crippen LogP contribution < -0.4 is 5.73 Å². The van der Waals surface area contributed by atoms with Crippen molar-refractivity contribution in [1.29, 1.82) is 0 Å². The maximum Gasteiger partial charge on any atom is 0.228 e. The van der Waals surface area contributed by atoms with Crippen molar-refractivity contribution < 1.29 is 4.79 Å². The van der Waals surface area contributed by atoms with E-state index in [-0.39, 0.29) is 10.8 Å². The second-order valence-electron chi connectivity index (χ2n) is 10.4. The Hall–Kier alpha value is -1.35. The van der Waals surface area contributed by atoms with Crippen LogP contribution in [0.5, 0.6) is 0 Å². The lowest BCUT2D eigenvalue weighted by Crippen LogP contribution is -2.60. The predicted octanol–water partition coefficient (Wildman–Crippen LogP) is 4.03. The van der Waals surface area contributed by atoms with E-state index in [1.165, 1.54) is 30.4 Å². The molecule has 6 rings (SSSR count). The van der Waals surface area contributed by atoms with Crippen LogP contribution in [0.1, 0.15) is 62.5 Å². The van der Waals surface area contributed by atoms with Crippen LogP contribution in [-0.2, 0) is 10.2 Å². The maximum absolute atomic E-state index is 13.8. The van der Waals surface area contributed by atoms with Gasteiger partial charge in [0.2, 0.25) is 5.91 Å². The normalized spacial score (nSPS) is 38.4. The molecule has 1 heterocycles. The molecule has 1 aromatic carbocycles. The highest BCUT2D eigenvalue weighted by molar-refractivity contribution is 5.83. The van der Waals surface area contributed by atoms with Gasteiger partial charge in [-0.25, -0.2) is 0 Å². The van der Waals surface area contributed by atoms with Crippen molar-refractivity contribution in [2.75, 3.05) is 19.6 Å². The van der Waals surface area contributed by atoms with Crippen molar-refractivity contribution in [3.05, 3.63) is 35.4 Å². The molecule has 4 aliphatic carbocycles. The Morgan fingerprint density at radius 2 is 1.70 bits per heavy atom. The van der Waals surface area contributed by atoms with Crippen LogP contribution in [-0.4, -0.2) is 30.4 Å². The Morgan fingerprint density at radius 3 is 2.30 bits per heavy atom. The molecule has 0 aromatic heterocycles. The van der Waals surface area contributed by atoms with Gasteiger partial charge in [0.15, 0.2) is 0 Å². The summed E-state index contributed by atoms with van der Waals surface area (Å²) in [5.74, 6) is 2.60. The van der Waals surface area contributed by atoms with Crippen LogP contribution in [0.2, 0.25) is 0 Å². The van der Waals surface area contributed by atoms with Gasteiger partial charge in [0, 0.05) is 13.1 Å². The molecule has 0 spiro atoms. The lowest BCUT2D eigenvalue weighted by Gasteiger charge is -2.62. The van der Waals surface area contributed by atoms with E-state index in [0.717, 1.165) is 63.6 Å². The number of nitrogens with zero attached hydrogens (tertiary/aromatic N) is 1. The third-order valence-corrected chi connectivity index (χ3v) is 8.41. The molecule has 3 nitrogen and oxygen atoms in total. The predicted molar refractivity (Wildman–Crippen MR) is 108 cm³/mol. The van der Waals surface area contributed by atoms with E-state index < -0.39 is 0 Å². The lowest BCUT2D eigenvalue weighted by atomic mass is 9.42. The van der Waals surface area contributed by atoms with Gasteiger partial charge in [0.25, 0.3) is 0 Å². The molecule has 2 unspecified atom stereocenters. The molecule has 1 amide bonds. The second kappa shape index (κ2) is 6.34. The van der Waals surface area contributed by atoms with Crippen LogP contribution >= 0.6 is 0 Å². The first kappa shape index (κ1) is 17.7. The van der Waals surface area contributed by atoms with Crippen LogP contribution in [0.3, 0.4) is 0 Å². The number of carbonyl (C=O) groups excluding carboxylic acids is 1. The number of likely N-dealkylation sites (tertiary alicyclic amines) is 1. The number of aryl methyl sites for hydroxylation is 1. The summed E-state index contributed by atoms with van der Waals surface area (Å²) in [7, 11) is 0. The topological polar surface area (TPSA) is 46.3 Å². The number of rotatable bonds is 3. The highest BCUT2D eigenvalue weighted by Crippen LogP contribution is 2.66. The zero-order chi connectivity index (χ0) is 18.6. The summed E-state index contributed by atoms with van der Waals surface area (Å²) in [5.41, 5.74) is 8.87. The van der Waals surface area contributed by atoms with Crippen LogP contribution in [0.25, 0.3) is 0 Å². The van der Waals surface area contributed by atoms with E-state index in [1.54, 1.807) is 0 Å². The molecule has 3 heteroatoms. The third kappa shape index (κ3) is 2.85. The summed E-state index contributed by atoms with van der Waals surface area (Å²) >= 11 is 0. The fourth-order valence-electron chi connectivity index (χ4n) is 7.46. The largest absolute Gasteiger partial charge is 0.342 e. The fourth-order valence-corrected chi connectivity index (χ4v) is 7.46. The molecule has 1 aromatic rings. The number of amides is 1. The van der Waals surface area contributed by atoms with Gasteiger partial charge in [-0.15, -0.1) is 0 Å². The summed E-state index contributed by atoms with van der Waals surface area (Å²) in [6, 6.07) is 9.24. The Kier molecular flexibility index (Phi) is 4.16. The number of carbonyl (C=O) groups is 1. The Bertz CT molecular complexity index is 702. The van der Waals surface area contributed by atoms with Crippen molar-refractivity contribution in [3.63, 3.8) is 0 Å². The molecule has 5 aliphatic rings.